The van der Waals surface area contributed by atoms with Crippen molar-refractivity contribution in [3.05, 3.63) is 34.3 Å². The number of nitrogens with one attached hydrogen (secondary N) is 1. The van der Waals surface area contributed by atoms with E-state index in [9.17, 15) is 4.79 Å². The van der Waals surface area contributed by atoms with Crippen LogP contribution in [-0.2, 0) is 16.0 Å². The third-order valence-electron chi connectivity index (χ3n) is 2.21. The average Bonchev–Trinajstić information content (AvgIpc) is 2.28. The smallest absolute Gasteiger partial charge is 0.306 e. The fraction of sp³-hybridized carbons (Fsp3) is 0.417. The average molecular weight is 286 g/mol. The van der Waals surface area contributed by atoms with Crippen molar-refractivity contribution >= 4 is 21.9 Å². The molecule has 16 heavy (non-hydrogen) atoms. The number of benzene rings is 1. The number of halogens is 1. The highest BCUT2D eigenvalue weighted by molar-refractivity contribution is 9.10. The topological polar surface area (TPSA) is 38.3 Å². The quantitative estimate of drug-likeness (QED) is 0.643. The Bertz CT molecular complexity index is 342. The van der Waals surface area contributed by atoms with Crippen LogP contribution in [0.5, 0.6) is 0 Å². The molecule has 0 unspecified atom stereocenters. The highest BCUT2D eigenvalue weighted by atomic mass is 79.9. The molecule has 1 rings (SSSR count). The molecule has 0 aliphatic carbocycles. The number of esters is 1. The predicted octanol–water partition coefficient (Wildman–Crippen LogP) is 2.14. The monoisotopic (exact) mass is 285 g/mol. The van der Waals surface area contributed by atoms with Crippen molar-refractivity contribution in [2.24, 2.45) is 0 Å². The van der Waals surface area contributed by atoms with Gasteiger partial charge in [-0.2, -0.15) is 0 Å². The molecule has 4 heteroatoms. The molecule has 3 nitrogen and oxygen atoms in total. The van der Waals surface area contributed by atoms with Gasteiger partial charge in [0.05, 0.1) is 13.5 Å². The molecule has 88 valence electrons. The summed E-state index contributed by atoms with van der Waals surface area (Å²) in [6.45, 7) is 1.54. The van der Waals surface area contributed by atoms with Crippen LogP contribution < -0.4 is 5.32 Å². The molecule has 0 radical (unpaired) electrons. The van der Waals surface area contributed by atoms with E-state index in [-0.39, 0.29) is 5.97 Å². The van der Waals surface area contributed by atoms with E-state index >= 15 is 0 Å². The Hall–Kier alpha value is -0.870. The van der Waals surface area contributed by atoms with Gasteiger partial charge in [0.25, 0.3) is 0 Å². The number of rotatable bonds is 6. The first-order valence-electron chi connectivity index (χ1n) is 5.24. The van der Waals surface area contributed by atoms with Gasteiger partial charge < -0.3 is 10.1 Å². The number of methoxy groups -OCH3 is 1. The Morgan fingerprint density at radius 3 is 2.94 bits per heavy atom. The molecule has 0 saturated heterocycles. The summed E-state index contributed by atoms with van der Waals surface area (Å²) in [5.41, 5.74) is 1.28. The van der Waals surface area contributed by atoms with Gasteiger partial charge in [-0.3, -0.25) is 4.79 Å². The van der Waals surface area contributed by atoms with Crippen molar-refractivity contribution in [3.63, 3.8) is 0 Å². The summed E-state index contributed by atoms with van der Waals surface area (Å²) in [6, 6.07) is 8.22. The van der Waals surface area contributed by atoms with Crippen molar-refractivity contribution in [2.75, 3.05) is 20.2 Å². The Morgan fingerprint density at radius 1 is 1.44 bits per heavy atom. The fourth-order valence-corrected chi connectivity index (χ4v) is 1.79. The number of hydrogen-bond donors (Lipinski definition) is 1. The highest BCUT2D eigenvalue weighted by Crippen LogP contribution is 2.11. The maximum atomic E-state index is 10.8. The van der Waals surface area contributed by atoms with Crippen LogP contribution >= 0.6 is 15.9 Å². The Balaban J connectivity index is 2.14. The van der Waals surface area contributed by atoms with Gasteiger partial charge in [0, 0.05) is 11.0 Å². The Kier molecular flexibility index (Phi) is 6.11. The molecule has 0 saturated carbocycles. The van der Waals surface area contributed by atoms with E-state index in [0.717, 1.165) is 17.4 Å². The maximum Gasteiger partial charge on any atom is 0.306 e. The molecule has 0 amide bonds. The van der Waals surface area contributed by atoms with Gasteiger partial charge in [0.2, 0.25) is 0 Å². The standard InChI is InChI=1S/C12H16BrNO2/c1-16-12(15)6-8-14-7-5-10-3-2-4-11(13)9-10/h2-4,9,14H,5-8H2,1H3. The molecular formula is C12H16BrNO2. The number of carbonyl (C=O) groups excluding carboxylic acids is 1. The van der Waals surface area contributed by atoms with Gasteiger partial charge in [0.1, 0.15) is 0 Å². The van der Waals surface area contributed by atoms with Crippen molar-refractivity contribution in [1.29, 1.82) is 0 Å². The number of carbonyl (C=O) groups is 1. The fourth-order valence-electron chi connectivity index (χ4n) is 1.34. The van der Waals surface area contributed by atoms with E-state index in [1.807, 2.05) is 12.1 Å². The summed E-state index contributed by atoms with van der Waals surface area (Å²) in [4.78, 5) is 10.8. The zero-order chi connectivity index (χ0) is 11.8. The molecule has 0 heterocycles. The van der Waals surface area contributed by atoms with Crippen LogP contribution in [0, 0.1) is 0 Å². The first kappa shape index (κ1) is 13.2. The first-order valence-corrected chi connectivity index (χ1v) is 6.03. The molecular weight excluding hydrogens is 270 g/mol. The lowest BCUT2D eigenvalue weighted by atomic mass is 10.1. The van der Waals surface area contributed by atoms with E-state index < -0.39 is 0 Å². The Labute approximate surface area is 104 Å². The van der Waals surface area contributed by atoms with Crippen molar-refractivity contribution in [2.45, 2.75) is 12.8 Å². The summed E-state index contributed by atoms with van der Waals surface area (Å²) >= 11 is 3.43. The van der Waals surface area contributed by atoms with Crippen LogP contribution in [0.3, 0.4) is 0 Å². The van der Waals surface area contributed by atoms with E-state index in [2.05, 4.69) is 38.1 Å². The summed E-state index contributed by atoms with van der Waals surface area (Å²) in [5, 5.41) is 3.20. The number of ether oxygens (including phenoxy) is 1. The van der Waals surface area contributed by atoms with Gasteiger partial charge in [-0.05, 0) is 30.7 Å². The molecule has 0 bridgehead atoms. The second-order valence-corrected chi connectivity index (χ2v) is 4.37. The van der Waals surface area contributed by atoms with E-state index in [0.29, 0.717) is 13.0 Å². The van der Waals surface area contributed by atoms with Crippen LogP contribution in [0.25, 0.3) is 0 Å². The number of hydrogen-bond acceptors (Lipinski definition) is 3. The minimum Gasteiger partial charge on any atom is -0.469 e. The highest BCUT2D eigenvalue weighted by Gasteiger charge is 1.98. The van der Waals surface area contributed by atoms with E-state index in [1.165, 1.54) is 12.7 Å². The van der Waals surface area contributed by atoms with Crippen LogP contribution in [-0.4, -0.2) is 26.2 Å². The summed E-state index contributed by atoms with van der Waals surface area (Å²) < 4.78 is 5.64. The lowest BCUT2D eigenvalue weighted by Gasteiger charge is -2.04. The largest absolute Gasteiger partial charge is 0.469 e. The molecule has 0 aliphatic heterocycles. The Morgan fingerprint density at radius 2 is 2.25 bits per heavy atom. The summed E-state index contributed by atoms with van der Waals surface area (Å²) in [5.74, 6) is -0.171. The van der Waals surface area contributed by atoms with Crippen LogP contribution in [0.2, 0.25) is 0 Å². The van der Waals surface area contributed by atoms with Crippen LogP contribution in [0.4, 0.5) is 0 Å². The molecule has 1 N–H and O–H groups in total. The third-order valence-corrected chi connectivity index (χ3v) is 2.71. The molecule has 1 aromatic carbocycles. The molecule has 0 aromatic heterocycles. The lowest BCUT2D eigenvalue weighted by molar-refractivity contribution is -0.140. The maximum absolute atomic E-state index is 10.8. The summed E-state index contributed by atoms with van der Waals surface area (Å²) in [6.07, 6.45) is 1.38. The van der Waals surface area contributed by atoms with Gasteiger partial charge in [-0.1, -0.05) is 28.1 Å². The zero-order valence-corrected chi connectivity index (χ0v) is 10.9. The van der Waals surface area contributed by atoms with Crippen LogP contribution in [0.1, 0.15) is 12.0 Å². The van der Waals surface area contributed by atoms with Gasteiger partial charge >= 0.3 is 5.97 Å². The van der Waals surface area contributed by atoms with E-state index in [4.69, 9.17) is 0 Å². The lowest BCUT2D eigenvalue weighted by Crippen LogP contribution is -2.21. The first-order chi connectivity index (χ1) is 7.72. The predicted molar refractivity (Wildman–Crippen MR) is 67.3 cm³/mol. The zero-order valence-electron chi connectivity index (χ0n) is 9.33. The van der Waals surface area contributed by atoms with Gasteiger partial charge in [-0.15, -0.1) is 0 Å². The SMILES string of the molecule is COC(=O)CCNCCc1cccc(Br)c1. The molecule has 0 spiro atoms. The molecule has 0 fully saturated rings. The molecule has 1 aromatic rings. The minimum atomic E-state index is -0.171. The third kappa shape index (κ3) is 5.28. The molecule has 0 atom stereocenters. The van der Waals surface area contributed by atoms with E-state index in [1.54, 1.807) is 0 Å². The second-order valence-electron chi connectivity index (χ2n) is 3.46. The van der Waals surface area contributed by atoms with Crippen molar-refractivity contribution in [3.8, 4) is 0 Å². The van der Waals surface area contributed by atoms with Crippen molar-refractivity contribution < 1.29 is 9.53 Å². The van der Waals surface area contributed by atoms with Crippen molar-refractivity contribution in [1.82, 2.24) is 5.32 Å². The van der Waals surface area contributed by atoms with Crippen LogP contribution in [0.15, 0.2) is 28.7 Å². The minimum absolute atomic E-state index is 0.171. The molecule has 0 aliphatic rings. The van der Waals surface area contributed by atoms with Gasteiger partial charge in [-0.25, -0.2) is 0 Å². The summed E-state index contributed by atoms with van der Waals surface area (Å²) in [7, 11) is 1.41. The van der Waals surface area contributed by atoms with Gasteiger partial charge in [0.15, 0.2) is 0 Å². The second kappa shape index (κ2) is 7.41. The normalized spacial score (nSPS) is 10.1.